The molecule has 20 heavy (non-hydrogen) atoms. The van der Waals surface area contributed by atoms with Crippen molar-refractivity contribution in [3.05, 3.63) is 32.8 Å². The van der Waals surface area contributed by atoms with Crippen LogP contribution in [0.1, 0.15) is 17.3 Å². The maximum absolute atomic E-state index is 11.8. The number of hydrogen-bond donors (Lipinski definition) is 2. The van der Waals surface area contributed by atoms with Crippen molar-refractivity contribution in [3.8, 4) is 0 Å². The van der Waals surface area contributed by atoms with Gasteiger partial charge in [0.15, 0.2) is 0 Å². The van der Waals surface area contributed by atoms with Crippen LogP contribution in [0.5, 0.6) is 0 Å². The minimum Gasteiger partial charge on any atom is -0.383 e. The van der Waals surface area contributed by atoms with Gasteiger partial charge in [-0.3, -0.25) is 14.9 Å². The number of nitro benzene ring substituents is 1. The van der Waals surface area contributed by atoms with E-state index in [2.05, 4.69) is 10.6 Å². The van der Waals surface area contributed by atoms with Crippen LogP contribution in [-0.4, -0.2) is 37.6 Å². The summed E-state index contributed by atoms with van der Waals surface area (Å²) in [6.45, 7) is 2.96. The molecule has 0 aliphatic heterocycles. The van der Waals surface area contributed by atoms with E-state index in [1.165, 1.54) is 19.2 Å². The Labute approximate surface area is 121 Å². The Bertz CT molecular complexity index is 508. The van der Waals surface area contributed by atoms with Crippen LogP contribution in [0.2, 0.25) is 5.02 Å². The summed E-state index contributed by atoms with van der Waals surface area (Å²) >= 11 is 5.99. The summed E-state index contributed by atoms with van der Waals surface area (Å²) in [5, 5.41) is 16.6. The van der Waals surface area contributed by atoms with Gasteiger partial charge in [-0.05, 0) is 13.0 Å². The van der Waals surface area contributed by atoms with Crippen LogP contribution < -0.4 is 10.6 Å². The van der Waals surface area contributed by atoms with Gasteiger partial charge in [-0.25, -0.2) is 0 Å². The maximum atomic E-state index is 11.8. The predicted molar refractivity (Wildman–Crippen MR) is 76.5 cm³/mol. The standard InChI is InChI=1S/C12H16ClN3O4/c1-3-14-11-9(13)6-8(7-10(11)16(18)19)12(17)15-4-5-20-2/h6-7,14H,3-5H2,1-2H3,(H,15,17). The zero-order valence-corrected chi connectivity index (χ0v) is 12.0. The first-order chi connectivity index (χ1) is 9.51. The van der Waals surface area contributed by atoms with Gasteiger partial charge in [-0.2, -0.15) is 0 Å². The molecule has 0 aliphatic rings. The molecule has 0 aliphatic carbocycles. The molecule has 0 spiro atoms. The highest BCUT2D eigenvalue weighted by Crippen LogP contribution is 2.33. The van der Waals surface area contributed by atoms with Gasteiger partial charge in [-0.15, -0.1) is 0 Å². The van der Waals surface area contributed by atoms with Crippen molar-refractivity contribution in [1.82, 2.24) is 5.32 Å². The number of amides is 1. The van der Waals surface area contributed by atoms with Crippen LogP contribution in [0.15, 0.2) is 12.1 Å². The fraction of sp³-hybridized carbons (Fsp3) is 0.417. The molecule has 2 N–H and O–H groups in total. The summed E-state index contributed by atoms with van der Waals surface area (Å²) in [5.41, 5.74) is 0.128. The predicted octanol–water partition coefficient (Wildman–Crippen LogP) is 2.06. The Morgan fingerprint density at radius 2 is 2.20 bits per heavy atom. The summed E-state index contributed by atoms with van der Waals surface area (Å²) in [6.07, 6.45) is 0. The van der Waals surface area contributed by atoms with E-state index in [0.717, 1.165) is 0 Å². The second-order valence-electron chi connectivity index (χ2n) is 3.89. The molecule has 0 fully saturated rings. The molecule has 0 saturated heterocycles. The molecule has 1 rings (SSSR count). The lowest BCUT2D eigenvalue weighted by molar-refractivity contribution is -0.384. The van der Waals surface area contributed by atoms with E-state index in [0.29, 0.717) is 19.7 Å². The minimum absolute atomic E-state index is 0.137. The molecule has 0 aromatic heterocycles. The largest absolute Gasteiger partial charge is 0.383 e. The van der Waals surface area contributed by atoms with Crippen molar-refractivity contribution >= 4 is 28.9 Å². The monoisotopic (exact) mass is 301 g/mol. The van der Waals surface area contributed by atoms with E-state index in [9.17, 15) is 14.9 Å². The maximum Gasteiger partial charge on any atom is 0.294 e. The van der Waals surface area contributed by atoms with Crippen LogP contribution in [0, 0.1) is 10.1 Å². The summed E-state index contributed by atoms with van der Waals surface area (Å²) in [5.74, 6) is -0.435. The number of halogens is 1. The lowest BCUT2D eigenvalue weighted by Gasteiger charge is -2.10. The summed E-state index contributed by atoms with van der Waals surface area (Å²) in [4.78, 5) is 22.3. The number of carbonyl (C=O) groups excluding carboxylic acids is 1. The van der Waals surface area contributed by atoms with Crippen LogP contribution in [0.4, 0.5) is 11.4 Å². The lowest BCUT2D eigenvalue weighted by atomic mass is 10.1. The van der Waals surface area contributed by atoms with Gasteiger partial charge in [0.2, 0.25) is 0 Å². The number of ether oxygens (including phenoxy) is 1. The molecule has 0 heterocycles. The first kappa shape index (κ1) is 16.2. The Hall–Kier alpha value is -1.86. The molecule has 7 nitrogen and oxygen atoms in total. The molecule has 0 unspecified atom stereocenters. The number of carbonyl (C=O) groups is 1. The highest BCUT2D eigenvalue weighted by molar-refractivity contribution is 6.34. The lowest BCUT2D eigenvalue weighted by Crippen LogP contribution is -2.27. The van der Waals surface area contributed by atoms with Gasteiger partial charge in [-0.1, -0.05) is 11.6 Å². The summed E-state index contributed by atoms with van der Waals surface area (Å²) < 4.78 is 4.81. The number of nitrogens with one attached hydrogen (secondary N) is 2. The summed E-state index contributed by atoms with van der Waals surface area (Å²) in [6, 6.07) is 2.60. The van der Waals surface area contributed by atoms with Crippen molar-refractivity contribution in [2.24, 2.45) is 0 Å². The molecule has 0 atom stereocenters. The molecule has 1 aromatic rings. The molecule has 8 heteroatoms. The first-order valence-corrected chi connectivity index (χ1v) is 6.38. The normalized spacial score (nSPS) is 10.2. The van der Waals surface area contributed by atoms with Crippen molar-refractivity contribution in [3.63, 3.8) is 0 Å². The Kier molecular flexibility index (Phi) is 6.20. The Morgan fingerprint density at radius 1 is 1.50 bits per heavy atom. The van der Waals surface area contributed by atoms with Crippen molar-refractivity contribution in [1.29, 1.82) is 0 Å². The summed E-state index contributed by atoms with van der Waals surface area (Å²) in [7, 11) is 1.51. The highest BCUT2D eigenvalue weighted by atomic mass is 35.5. The fourth-order valence-electron chi connectivity index (χ4n) is 1.59. The van der Waals surface area contributed by atoms with E-state index in [1.807, 2.05) is 0 Å². The van der Waals surface area contributed by atoms with E-state index < -0.39 is 10.8 Å². The average molecular weight is 302 g/mol. The second kappa shape index (κ2) is 7.66. The molecule has 110 valence electrons. The Balaban J connectivity index is 3.05. The van der Waals surface area contributed by atoms with Gasteiger partial charge < -0.3 is 15.4 Å². The van der Waals surface area contributed by atoms with Crippen molar-refractivity contribution < 1.29 is 14.5 Å². The SMILES string of the molecule is CCNc1c(Cl)cc(C(=O)NCCOC)cc1[N+](=O)[O-]. The van der Waals surface area contributed by atoms with Crippen LogP contribution in [0.3, 0.4) is 0 Å². The van der Waals surface area contributed by atoms with Gasteiger partial charge in [0.25, 0.3) is 11.6 Å². The second-order valence-corrected chi connectivity index (χ2v) is 4.30. The third-order valence-corrected chi connectivity index (χ3v) is 2.77. The number of nitro groups is 1. The van der Waals surface area contributed by atoms with Gasteiger partial charge in [0, 0.05) is 31.8 Å². The van der Waals surface area contributed by atoms with Crippen molar-refractivity contribution in [2.45, 2.75) is 6.92 Å². The quantitative estimate of drug-likeness (QED) is 0.457. The van der Waals surface area contributed by atoms with Crippen LogP contribution >= 0.6 is 11.6 Å². The Morgan fingerprint density at radius 3 is 2.75 bits per heavy atom. The topological polar surface area (TPSA) is 93.5 Å². The molecular weight excluding hydrogens is 286 g/mol. The smallest absolute Gasteiger partial charge is 0.294 e. The number of hydrogen-bond acceptors (Lipinski definition) is 5. The fourth-order valence-corrected chi connectivity index (χ4v) is 1.87. The van der Waals surface area contributed by atoms with Gasteiger partial charge in [0.05, 0.1) is 16.6 Å². The first-order valence-electron chi connectivity index (χ1n) is 6.00. The number of rotatable bonds is 7. The average Bonchev–Trinajstić information content (AvgIpc) is 2.40. The van der Waals surface area contributed by atoms with Crippen molar-refractivity contribution in [2.75, 3.05) is 32.1 Å². The minimum atomic E-state index is -0.574. The number of methoxy groups -OCH3 is 1. The zero-order valence-electron chi connectivity index (χ0n) is 11.2. The molecule has 0 bridgehead atoms. The molecular formula is C12H16ClN3O4. The van der Waals surface area contributed by atoms with Crippen LogP contribution in [0.25, 0.3) is 0 Å². The number of benzene rings is 1. The number of anilines is 1. The molecule has 0 saturated carbocycles. The molecule has 0 radical (unpaired) electrons. The van der Waals surface area contributed by atoms with E-state index in [4.69, 9.17) is 16.3 Å². The molecule has 1 aromatic carbocycles. The van der Waals surface area contributed by atoms with Gasteiger partial charge >= 0.3 is 0 Å². The third kappa shape index (κ3) is 4.07. The van der Waals surface area contributed by atoms with Crippen LogP contribution in [-0.2, 0) is 4.74 Å². The molecule has 1 amide bonds. The van der Waals surface area contributed by atoms with E-state index in [-0.39, 0.29) is 22.0 Å². The van der Waals surface area contributed by atoms with Gasteiger partial charge in [0.1, 0.15) is 5.69 Å². The van der Waals surface area contributed by atoms with E-state index in [1.54, 1.807) is 6.92 Å². The highest BCUT2D eigenvalue weighted by Gasteiger charge is 2.20. The van der Waals surface area contributed by atoms with E-state index >= 15 is 0 Å². The zero-order chi connectivity index (χ0) is 15.1. The number of nitrogens with zero attached hydrogens (tertiary/aromatic N) is 1. The third-order valence-electron chi connectivity index (χ3n) is 2.47.